The molecular formula is C11H13N3. The van der Waals surface area contributed by atoms with E-state index < -0.39 is 0 Å². The Balaban J connectivity index is 2.92. The Kier molecular flexibility index (Phi) is 1.88. The molecule has 1 N–H and O–H groups in total. The molecule has 0 aromatic rings. The minimum Gasteiger partial charge on any atom is -0.345 e. The van der Waals surface area contributed by atoms with Gasteiger partial charge in [-0.2, -0.15) is 0 Å². The Morgan fingerprint density at radius 2 is 2.00 bits per heavy atom. The van der Waals surface area contributed by atoms with E-state index in [1.54, 1.807) is 6.07 Å². The first kappa shape index (κ1) is 8.94. The molecule has 72 valence electrons. The van der Waals surface area contributed by atoms with Gasteiger partial charge in [-0.1, -0.05) is 0 Å². The molecule has 3 heteroatoms. The van der Waals surface area contributed by atoms with Gasteiger partial charge in [-0.25, -0.2) is 4.98 Å². The molecule has 0 radical (unpaired) electrons. The van der Waals surface area contributed by atoms with E-state index in [0.29, 0.717) is 5.36 Å². The summed E-state index contributed by atoms with van der Waals surface area (Å²) in [6, 6.07) is 5.50. The lowest BCUT2D eigenvalue weighted by molar-refractivity contribution is 0.825. The summed E-state index contributed by atoms with van der Waals surface area (Å²) in [6.07, 6.45) is 0. The topological polar surface area (TPSA) is 41.7 Å². The molecular weight excluding hydrogens is 174 g/mol. The predicted molar refractivity (Wildman–Crippen MR) is 55.2 cm³/mol. The molecule has 0 unspecified atom stereocenters. The normalized spacial score (nSPS) is 10.8. The third-order valence-electron chi connectivity index (χ3n) is 2.65. The van der Waals surface area contributed by atoms with Crippen LogP contribution in [-0.4, -0.2) is 9.55 Å². The van der Waals surface area contributed by atoms with Crippen LogP contribution in [0.3, 0.4) is 0 Å². The summed E-state index contributed by atoms with van der Waals surface area (Å²) in [5.41, 5.74) is 4.15. The first-order chi connectivity index (χ1) is 6.59. The number of rotatable bonds is 0. The summed E-state index contributed by atoms with van der Waals surface area (Å²) in [4.78, 5) is 4.47. The van der Waals surface area contributed by atoms with Gasteiger partial charge in [-0.15, -0.1) is 0 Å². The van der Waals surface area contributed by atoms with Crippen LogP contribution in [0.2, 0.25) is 0 Å². The average molecular weight is 187 g/mol. The number of hydrogen-bond acceptors (Lipinski definition) is 2. The average Bonchev–Trinajstić information content (AvgIpc) is 2.16. The van der Waals surface area contributed by atoms with Crippen molar-refractivity contribution in [1.82, 2.24) is 9.55 Å². The molecule has 0 spiro atoms. The van der Waals surface area contributed by atoms with Crippen LogP contribution in [0.5, 0.6) is 0 Å². The second kappa shape index (κ2) is 2.94. The number of nitrogens with zero attached hydrogens (tertiary/aromatic N) is 2. The van der Waals surface area contributed by atoms with E-state index in [1.807, 2.05) is 33.0 Å². The van der Waals surface area contributed by atoms with E-state index in [0.717, 1.165) is 22.8 Å². The molecule has 0 amide bonds. The zero-order chi connectivity index (χ0) is 10.3. The molecule has 0 aromatic carbocycles. The van der Waals surface area contributed by atoms with Crippen LogP contribution in [0.15, 0.2) is 18.2 Å². The van der Waals surface area contributed by atoms with Crippen molar-refractivity contribution in [2.75, 3.05) is 0 Å². The molecule has 0 atom stereocenters. The van der Waals surface area contributed by atoms with Gasteiger partial charge in [0.05, 0.1) is 22.4 Å². The Morgan fingerprint density at radius 3 is 2.71 bits per heavy atom. The lowest BCUT2D eigenvalue weighted by Crippen LogP contribution is -2.11. The van der Waals surface area contributed by atoms with Crippen molar-refractivity contribution in [2.24, 2.45) is 7.05 Å². The van der Waals surface area contributed by atoms with Crippen molar-refractivity contribution < 1.29 is 0 Å². The largest absolute Gasteiger partial charge is 0.345 e. The fourth-order valence-electron chi connectivity index (χ4n) is 1.57. The molecule has 1 heterocycles. The fourth-order valence-corrected chi connectivity index (χ4v) is 1.57. The van der Waals surface area contributed by atoms with Crippen molar-refractivity contribution in [2.45, 2.75) is 13.8 Å². The van der Waals surface area contributed by atoms with E-state index in [-0.39, 0.29) is 0 Å². The second-order valence-corrected chi connectivity index (χ2v) is 3.55. The minimum atomic E-state index is 0.526. The minimum absolute atomic E-state index is 0.526. The van der Waals surface area contributed by atoms with E-state index in [9.17, 15) is 0 Å². The van der Waals surface area contributed by atoms with Gasteiger partial charge in [0.1, 0.15) is 0 Å². The lowest BCUT2D eigenvalue weighted by atomic mass is 10.2. The number of benzene rings is 1. The maximum absolute atomic E-state index is 7.56. The lowest BCUT2D eigenvalue weighted by Gasteiger charge is -2.15. The smallest absolute Gasteiger partial charge is 0.0871 e. The SMILES string of the molecule is Cc1nc2ccc(=N)cc-2n(C)c1C. The number of hydrogen-bond donors (Lipinski definition) is 1. The fraction of sp³-hybridized carbons (Fsp3) is 0.273. The van der Waals surface area contributed by atoms with Gasteiger partial charge in [-0.3, -0.25) is 0 Å². The number of nitrogens with one attached hydrogen (secondary N) is 1. The van der Waals surface area contributed by atoms with Crippen LogP contribution in [0.1, 0.15) is 11.4 Å². The summed E-state index contributed by atoms with van der Waals surface area (Å²) < 4.78 is 2.08. The first-order valence-corrected chi connectivity index (χ1v) is 4.58. The van der Waals surface area contributed by atoms with E-state index in [1.165, 1.54) is 0 Å². The molecule has 0 aromatic heterocycles. The summed E-state index contributed by atoms with van der Waals surface area (Å²) in [7, 11) is 2.01. The third-order valence-corrected chi connectivity index (χ3v) is 2.65. The van der Waals surface area contributed by atoms with E-state index >= 15 is 0 Å². The zero-order valence-corrected chi connectivity index (χ0v) is 8.63. The standard InChI is InChI=1S/C11H13N3/c1-7-8(2)14(3)11-6-9(12)4-5-10(11)13-7/h4-6,12H,1-3H3. The molecule has 0 fully saturated rings. The van der Waals surface area contributed by atoms with Crippen LogP contribution in [0.25, 0.3) is 11.4 Å². The second-order valence-electron chi connectivity index (χ2n) is 3.55. The zero-order valence-electron chi connectivity index (χ0n) is 8.63. The number of fused-ring (bicyclic) bond motifs is 1. The number of aromatic nitrogens is 2. The van der Waals surface area contributed by atoms with Gasteiger partial charge < -0.3 is 9.98 Å². The molecule has 2 rings (SSSR count). The monoisotopic (exact) mass is 187 g/mol. The highest BCUT2D eigenvalue weighted by Gasteiger charge is 2.08. The molecule has 1 aliphatic carbocycles. The van der Waals surface area contributed by atoms with Gasteiger partial charge in [0.2, 0.25) is 0 Å². The predicted octanol–water partition coefficient (Wildman–Crippen LogP) is 1.62. The van der Waals surface area contributed by atoms with E-state index in [4.69, 9.17) is 5.41 Å². The molecule has 14 heavy (non-hydrogen) atoms. The molecule has 0 saturated heterocycles. The van der Waals surface area contributed by atoms with Crippen molar-refractivity contribution in [3.8, 4) is 11.4 Å². The van der Waals surface area contributed by atoms with E-state index in [2.05, 4.69) is 9.55 Å². The van der Waals surface area contributed by atoms with Crippen LogP contribution in [0.4, 0.5) is 0 Å². The maximum atomic E-state index is 7.56. The Morgan fingerprint density at radius 1 is 1.29 bits per heavy atom. The molecule has 2 aliphatic rings. The van der Waals surface area contributed by atoms with Crippen LogP contribution >= 0.6 is 0 Å². The molecule has 1 aliphatic heterocycles. The van der Waals surface area contributed by atoms with Crippen molar-refractivity contribution >= 4 is 0 Å². The molecule has 3 nitrogen and oxygen atoms in total. The Bertz CT molecular complexity index is 511. The van der Waals surface area contributed by atoms with Gasteiger partial charge in [-0.05, 0) is 32.0 Å². The molecule has 0 saturated carbocycles. The van der Waals surface area contributed by atoms with Crippen molar-refractivity contribution in [3.05, 3.63) is 34.9 Å². The summed E-state index contributed by atoms with van der Waals surface area (Å²) in [5, 5.41) is 8.08. The maximum Gasteiger partial charge on any atom is 0.0871 e. The Hall–Kier alpha value is -1.64. The van der Waals surface area contributed by atoms with Gasteiger partial charge in [0.15, 0.2) is 0 Å². The summed E-state index contributed by atoms with van der Waals surface area (Å²) >= 11 is 0. The van der Waals surface area contributed by atoms with Crippen molar-refractivity contribution in [3.63, 3.8) is 0 Å². The highest BCUT2D eigenvalue weighted by atomic mass is 15.0. The van der Waals surface area contributed by atoms with Crippen LogP contribution in [-0.2, 0) is 7.05 Å². The summed E-state index contributed by atoms with van der Waals surface area (Å²) in [5.74, 6) is 0. The Labute approximate surface area is 82.9 Å². The molecule has 0 bridgehead atoms. The van der Waals surface area contributed by atoms with Crippen LogP contribution < -0.4 is 5.36 Å². The van der Waals surface area contributed by atoms with Gasteiger partial charge >= 0.3 is 0 Å². The third kappa shape index (κ3) is 1.21. The highest BCUT2D eigenvalue weighted by Crippen LogP contribution is 2.19. The quantitative estimate of drug-likeness (QED) is 0.669. The summed E-state index contributed by atoms with van der Waals surface area (Å²) in [6.45, 7) is 4.04. The van der Waals surface area contributed by atoms with Crippen LogP contribution in [0, 0.1) is 19.3 Å². The van der Waals surface area contributed by atoms with Crippen molar-refractivity contribution in [1.29, 1.82) is 5.41 Å². The highest BCUT2D eigenvalue weighted by molar-refractivity contribution is 5.56. The van der Waals surface area contributed by atoms with Gasteiger partial charge in [0.25, 0.3) is 0 Å². The number of aryl methyl sites for hydroxylation is 1. The van der Waals surface area contributed by atoms with Gasteiger partial charge in [0, 0.05) is 12.7 Å². The first-order valence-electron chi connectivity index (χ1n) is 4.58.